The summed E-state index contributed by atoms with van der Waals surface area (Å²) >= 11 is 0. The molecular weight excluding hydrogens is 412 g/mol. The zero-order valence-electron chi connectivity index (χ0n) is 13.2. The molecule has 146 valence electrons. The summed E-state index contributed by atoms with van der Waals surface area (Å²) < 4.78 is 98.8. The summed E-state index contributed by atoms with van der Waals surface area (Å²) in [4.78, 5) is -0.796. The molecule has 2 aromatic rings. The van der Waals surface area contributed by atoms with Gasteiger partial charge < -0.3 is 0 Å². The number of para-hydroxylation sites is 1. The van der Waals surface area contributed by atoms with Gasteiger partial charge in [0, 0.05) is 6.20 Å². The highest BCUT2D eigenvalue weighted by Crippen LogP contribution is 2.31. The van der Waals surface area contributed by atoms with Crippen LogP contribution in [0.15, 0.2) is 53.6 Å². The third kappa shape index (κ3) is 5.05. The van der Waals surface area contributed by atoms with Gasteiger partial charge in [-0.1, -0.05) is 18.2 Å². The van der Waals surface area contributed by atoms with E-state index in [1.165, 1.54) is 6.07 Å². The number of rotatable bonds is 5. The predicted octanol–water partition coefficient (Wildman–Crippen LogP) is 2.50. The van der Waals surface area contributed by atoms with Gasteiger partial charge in [0.25, 0.3) is 0 Å². The lowest BCUT2D eigenvalue weighted by atomic mass is 10.1. The largest absolute Gasteiger partial charge is 0.416 e. The Hall–Kier alpha value is -2.44. The number of sulfonamides is 1. The van der Waals surface area contributed by atoms with Gasteiger partial charge in [-0.3, -0.25) is 0 Å². The number of hydrogen-bond acceptors (Lipinski definition) is 4. The molecule has 2 rings (SSSR count). The van der Waals surface area contributed by atoms with Crippen molar-refractivity contribution in [1.82, 2.24) is 0 Å². The molecule has 6 nitrogen and oxygen atoms in total. The summed E-state index contributed by atoms with van der Waals surface area (Å²) in [6.07, 6.45) is -2.92. The molecule has 0 saturated carbocycles. The van der Waals surface area contributed by atoms with Crippen LogP contribution in [0.4, 0.5) is 23.2 Å². The Balaban J connectivity index is 2.55. The molecular formula is C15H12F4N2O4S2. The second-order valence-corrected chi connectivity index (χ2v) is 7.59. The standard InChI is InChI=1S/C15H12F4N2O4S2/c16-12-5-2-6-13(27(20,24)25)14(12)21(26(22)23)8-7-10-3-1-4-11(9-10)15(17,18)19/h1-9,26H,(H2,20,24,25). The molecule has 12 heteroatoms. The van der Waals surface area contributed by atoms with E-state index in [4.69, 9.17) is 5.14 Å². The van der Waals surface area contributed by atoms with Crippen LogP contribution in [0.2, 0.25) is 0 Å². The summed E-state index contributed by atoms with van der Waals surface area (Å²) in [5.41, 5.74) is -1.88. The first-order valence-corrected chi connectivity index (χ1v) is 9.69. The number of anilines is 1. The van der Waals surface area contributed by atoms with Crippen LogP contribution in [0.1, 0.15) is 11.1 Å². The second kappa shape index (κ2) is 7.66. The van der Waals surface area contributed by atoms with Gasteiger partial charge in [0.1, 0.15) is 16.4 Å². The summed E-state index contributed by atoms with van der Waals surface area (Å²) in [6, 6.07) is 6.65. The first-order chi connectivity index (χ1) is 12.4. The van der Waals surface area contributed by atoms with E-state index in [2.05, 4.69) is 0 Å². The van der Waals surface area contributed by atoms with E-state index in [1.807, 2.05) is 0 Å². The quantitative estimate of drug-likeness (QED) is 0.569. The van der Waals surface area contributed by atoms with E-state index < -0.39 is 49.1 Å². The van der Waals surface area contributed by atoms with E-state index in [9.17, 15) is 34.4 Å². The van der Waals surface area contributed by atoms with Crippen LogP contribution >= 0.6 is 0 Å². The molecule has 0 aromatic heterocycles. The van der Waals surface area contributed by atoms with Crippen LogP contribution in [-0.4, -0.2) is 16.8 Å². The van der Waals surface area contributed by atoms with Crippen LogP contribution in [0, 0.1) is 5.82 Å². The van der Waals surface area contributed by atoms with Gasteiger partial charge >= 0.3 is 6.18 Å². The normalized spacial score (nSPS) is 12.7. The van der Waals surface area contributed by atoms with Gasteiger partial charge in [0.2, 0.25) is 20.9 Å². The zero-order valence-corrected chi connectivity index (χ0v) is 14.9. The molecule has 0 aliphatic rings. The lowest BCUT2D eigenvalue weighted by Crippen LogP contribution is -2.21. The molecule has 0 fully saturated rings. The van der Waals surface area contributed by atoms with E-state index in [1.54, 1.807) is 0 Å². The van der Waals surface area contributed by atoms with Crippen molar-refractivity contribution in [2.45, 2.75) is 11.1 Å². The summed E-state index contributed by atoms with van der Waals surface area (Å²) in [5, 5.41) is 4.97. The first kappa shape index (κ1) is 20.9. The van der Waals surface area contributed by atoms with Crippen LogP contribution in [0.3, 0.4) is 0 Å². The summed E-state index contributed by atoms with van der Waals surface area (Å²) in [5.74, 6) is -1.20. The average molecular weight is 424 g/mol. The first-order valence-electron chi connectivity index (χ1n) is 7.01. The molecule has 0 saturated heterocycles. The molecule has 0 radical (unpaired) electrons. The molecule has 0 atom stereocenters. The van der Waals surface area contributed by atoms with Gasteiger partial charge in [0.15, 0.2) is 0 Å². The molecule has 0 heterocycles. The number of nitrogens with zero attached hydrogens (tertiary/aromatic N) is 1. The average Bonchev–Trinajstić information content (AvgIpc) is 2.54. The lowest BCUT2D eigenvalue weighted by molar-refractivity contribution is -0.137. The Labute approximate surface area is 153 Å². The molecule has 0 spiro atoms. The Morgan fingerprint density at radius 2 is 1.70 bits per heavy atom. The number of alkyl halides is 3. The predicted molar refractivity (Wildman–Crippen MR) is 91.0 cm³/mol. The van der Waals surface area contributed by atoms with Crippen LogP contribution in [0.5, 0.6) is 0 Å². The monoisotopic (exact) mass is 424 g/mol. The maximum Gasteiger partial charge on any atom is 0.416 e. The molecule has 0 aliphatic heterocycles. The van der Waals surface area contributed by atoms with Crippen molar-refractivity contribution in [3.63, 3.8) is 0 Å². The maximum atomic E-state index is 14.1. The Morgan fingerprint density at radius 3 is 2.26 bits per heavy atom. The fraction of sp³-hybridized carbons (Fsp3) is 0.0667. The van der Waals surface area contributed by atoms with Gasteiger partial charge in [0.05, 0.1) is 5.56 Å². The zero-order chi connectivity index (χ0) is 20.4. The minimum Gasteiger partial charge on any atom is -0.243 e. The molecule has 27 heavy (non-hydrogen) atoms. The van der Waals surface area contributed by atoms with Crippen molar-refractivity contribution < 1.29 is 34.4 Å². The van der Waals surface area contributed by atoms with Crippen molar-refractivity contribution in [2.24, 2.45) is 5.14 Å². The number of primary sulfonamides is 1. The van der Waals surface area contributed by atoms with Crippen molar-refractivity contribution in [3.8, 4) is 0 Å². The third-order valence-electron chi connectivity index (χ3n) is 3.28. The van der Waals surface area contributed by atoms with E-state index in [0.29, 0.717) is 0 Å². The van der Waals surface area contributed by atoms with Crippen molar-refractivity contribution >= 4 is 32.7 Å². The maximum absolute atomic E-state index is 14.1. The van der Waals surface area contributed by atoms with Gasteiger partial charge in [-0.15, -0.1) is 0 Å². The van der Waals surface area contributed by atoms with Gasteiger partial charge in [-0.2, -0.15) is 13.2 Å². The molecule has 0 unspecified atom stereocenters. The highest BCUT2D eigenvalue weighted by molar-refractivity contribution is 7.89. The molecule has 0 aliphatic carbocycles. The molecule has 0 bridgehead atoms. The number of thiol groups is 1. The SMILES string of the molecule is NS(=O)(=O)c1cccc(F)c1N(C=Cc1cccc(C(F)(F)F)c1)[SH](=O)=O. The van der Waals surface area contributed by atoms with Crippen molar-refractivity contribution in [2.75, 3.05) is 4.31 Å². The van der Waals surface area contributed by atoms with E-state index in [-0.39, 0.29) is 9.87 Å². The van der Waals surface area contributed by atoms with E-state index >= 15 is 0 Å². The van der Waals surface area contributed by atoms with Gasteiger partial charge in [-0.25, -0.2) is 30.7 Å². The third-order valence-corrected chi connectivity index (χ3v) is 4.91. The Morgan fingerprint density at radius 1 is 1.07 bits per heavy atom. The van der Waals surface area contributed by atoms with Crippen molar-refractivity contribution in [1.29, 1.82) is 0 Å². The number of halogens is 4. The highest BCUT2D eigenvalue weighted by atomic mass is 32.2. The molecule has 0 amide bonds. The number of nitrogens with two attached hydrogens (primary N) is 1. The lowest BCUT2D eigenvalue weighted by Gasteiger charge is -2.17. The summed E-state index contributed by atoms with van der Waals surface area (Å²) in [6.45, 7) is 0. The van der Waals surface area contributed by atoms with E-state index in [0.717, 1.165) is 48.7 Å². The fourth-order valence-corrected chi connectivity index (χ4v) is 3.48. The highest BCUT2D eigenvalue weighted by Gasteiger charge is 2.30. The van der Waals surface area contributed by atoms with Crippen LogP contribution in [0.25, 0.3) is 6.08 Å². The number of hydrogen-bond donors (Lipinski definition) is 2. The summed E-state index contributed by atoms with van der Waals surface area (Å²) in [7, 11) is -8.06. The Kier molecular flexibility index (Phi) is 5.92. The Bertz CT molecular complexity index is 1060. The minimum absolute atomic E-state index is 0.0415. The molecule has 2 N–H and O–H groups in total. The smallest absolute Gasteiger partial charge is 0.243 e. The number of benzene rings is 2. The van der Waals surface area contributed by atoms with Crippen molar-refractivity contribution in [3.05, 3.63) is 65.6 Å². The van der Waals surface area contributed by atoms with Crippen LogP contribution < -0.4 is 9.44 Å². The topological polar surface area (TPSA) is 97.5 Å². The van der Waals surface area contributed by atoms with Crippen LogP contribution in [-0.2, 0) is 27.1 Å². The molecule has 2 aromatic carbocycles. The fourth-order valence-electron chi connectivity index (χ4n) is 2.13. The second-order valence-electron chi connectivity index (χ2n) is 5.15. The minimum atomic E-state index is -4.61. The van der Waals surface area contributed by atoms with Gasteiger partial charge in [-0.05, 0) is 35.9 Å².